The van der Waals surface area contributed by atoms with Crippen LogP contribution in [0.5, 0.6) is 5.88 Å². The molecule has 5 nitrogen and oxygen atoms in total. The van der Waals surface area contributed by atoms with E-state index >= 15 is 0 Å². The average molecular weight is 274 g/mol. The molecule has 2 N–H and O–H groups in total. The van der Waals surface area contributed by atoms with E-state index in [1.807, 2.05) is 13.0 Å². The quantitative estimate of drug-likeness (QED) is 0.903. The van der Waals surface area contributed by atoms with Crippen LogP contribution in [0.15, 0.2) is 24.4 Å². The first kappa shape index (κ1) is 13.5. The zero-order valence-electron chi connectivity index (χ0n) is 10.5. The van der Waals surface area contributed by atoms with Gasteiger partial charge in [-0.05, 0) is 43.2 Å². The maximum atomic E-state index is 9.08. The molecule has 0 fully saturated rings. The van der Waals surface area contributed by atoms with Gasteiger partial charge in [0.05, 0.1) is 4.88 Å². The second-order valence-electron chi connectivity index (χ2n) is 4.02. The number of hydrogen-bond donors (Lipinski definition) is 1. The van der Waals surface area contributed by atoms with E-state index < -0.39 is 0 Å². The van der Waals surface area contributed by atoms with Crippen molar-refractivity contribution in [2.45, 2.75) is 19.4 Å². The fourth-order valence-corrected chi connectivity index (χ4v) is 2.29. The van der Waals surface area contributed by atoms with Gasteiger partial charge in [0.15, 0.2) is 0 Å². The summed E-state index contributed by atoms with van der Waals surface area (Å²) in [6.45, 7) is 2.36. The first-order valence-electron chi connectivity index (χ1n) is 5.89. The van der Waals surface area contributed by atoms with Crippen LogP contribution in [0.2, 0.25) is 0 Å². The summed E-state index contributed by atoms with van der Waals surface area (Å²) in [6.07, 6.45) is 2.17. The Bertz CT molecular complexity index is 577. The molecule has 2 heterocycles. The summed E-state index contributed by atoms with van der Waals surface area (Å²) in [6, 6.07) is 7.48. The van der Waals surface area contributed by atoms with E-state index in [1.165, 1.54) is 11.5 Å². The van der Waals surface area contributed by atoms with Crippen LogP contribution >= 0.6 is 11.5 Å². The third-order valence-corrected chi connectivity index (χ3v) is 3.41. The molecular weight excluding hydrogens is 260 g/mol. The fraction of sp³-hybridized carbons (Fsp3) is 0.308. The van der Waals surface area contributed by atoms with Crippen molar-refractivity contribution in [3.63, 3.8) is 0 Å². The number of rotatable bonds is 5. The first-order chi connectivity index (χ1) is 9.24. The molecule has 0 aromatic carbocycles. The van der Waals surface area contributed by atoms with Gasteiger partial charge >= 0.3 is 0 Å². The zero-order chi connectivity index (χ0) is 13.7. The Hall–Kier alpha value is -1.97. The van der Waals surface area contributed by atoms with Crippen molar-refractivity contribution in [1.82, 2.24) is 9.36 Å². The molecule has 2 rings (SSSR count). The zero-order valence-corrected chi connectivity index (χ0v) is 11.4. The topological polar surface area (TPSA) is 84.8 Å². The highest BCUT2D eigenvalue weighted by molar-refractivity contribution is 7.05. The van der Waals surface area contributed by atoms with Crippen LogP contribution in [-0.2, 0) is 0 Å². The summed E-state index contributed by atoms with van der Waals surface area (Å²) in [7, 11) is 0. The van der Waals surface area contributed by atoms with Crippen molar-refractivity contribution in [2.75, 3.05) is 6.54 Å². The Labute approximate surface area is 115 Å². The summed E-state index contributed by atoms with van der Waals surface area (Å²) in [5.74, 6) is 0.356. The molecule has 2 aromatic heterocycles. The smallest absolute Gasteiger partial charge is 0.232 e. The number of hydrogen-bond acceptors (Lipinski definition) is 6. The largest absolute Gasteiger partial charge is 0.468 e. The summed E-state index contributed by atoms with van der Waals surface area (Å²) in [4.78, 5) is 5.26. The number of aromatic nitrogens is 2. The Morgan fingerprint density at radius 2 is 2.32 bits per heavy atom. The van der Waals surface area contributed by atoms with Crippen LogP contribution in [0.3, 0.4) is 0 Å². The lowest BCUT2D eigenvalue weighted by molar-refractivity contribution is 0.192. The lowest BCUT2D eigenvalue weighted by atomic mass is 10.2. The van der Waals surface area contributed by atoms with Crippen molar-refractivity contribution < 1.29 is 4.74 Å². The fourth-order valence-electron chi connectivity index (χ4n) is 1.64. The van der Waals surface area contributed by atoms with E-state index in [-0.39, 0.29) is 6.10 Å². The number of pyridine rings is 1. The Morgan fingerprint density at radius 3 is 2.95 bits per heavy atom. The second kappa shape index (κ2) is 6.27. The third kappa shape index (κ3) is 3.28. The van der Waals surface area contributed by atoms with Crippen LogP contribution in [0.1, 0.15) is 28.7 Å². The van der Waals surface area contributed by atoms with Gasteiger partial charge in [-0.25, -0.2) is 9.36 Å². The lowest BCUT2D eigenvalue weighted by Crippen LogP contribution is -2.13. The van der Waals surface area contributed by atoms with Crippen molar-refractivity contribution in [1.29, 1.82) is 5.26 Å². The molecule has 0 aliphatic carbocycles. The second-order valence-corrected chi connectivity index (χ2v) is 4.88. The number of nitrogens with zero attached hydrogens (tertiary/aromatic N) is 3. The molecule has 0 aliphatic rings. The number of nitriles is 1. The van der Waals surface area contributed by atoms with E-state index in [4.69, 9.17) is 15.7 Å². The molecular formula is C13H14N4OS. The van der Waals surface area contributed by atoms with Gasteiger partial charge in [0.25, 0.3) is 0 Å². The summed E-state index contributed by atoms with van der Waals surface area (Å²) in [5.41, 5.74) is 6.85. The van der Waals surface area contributed by atoms with Crippen molar-refractivity contribution in [3.8, 4) is 11.9 Å². The van der Waals surface area contributed by atoms with Gasteiger partial charge in [-0.3, -0.25) is 0 Å². The number of ether oxygens (including phenoxy) is 1. The van der Waals surface area contributed by atoms with Crippen LogP contribution in [0.25, 0.3) is 0 Å². The van der Waals surface area contributed by atoms with Gasteiger partial charge in [-0.2, -0.15) is 5.26 Å². The van der Waals surface area contributed by atoms with Gasteiger partial charge in [0.1, 0.15) is 17.7 Å². The van der Waals surface area contributed by atoms with Gasteiger partial charge in [-0.15, -0.1) is 0 Å². The Kier molecular flexibility index (Phi) is 4.44. The highest BCUT2D eigenvalue weighted by Crippen LogP contribution is 2.27. The van der Waals surface area contributed by atoms with E-state index in [9.17, 15) is 0 Å². The van der Waals surface area contributed by atoms with Crippen LogP contribution in [-0.4, -0.2) is 15.9 Å². The maximum Gasteiger partial charge on any atom is 0.232 e. The standard InChI is InChI=1S/C13H14N4OS/c1-9-2-3-10(8-15)13(17-9)18-11(4-6-14)12-5-7-16-19-12/h2-3,5,7,11H,4,6,14H2,1H3. The molecule has 0 amide bonds. The van der Waals surface area contributed by atoms with Crippen molar-refractivity contribution in [2.24, 2.45) is 5.73 Å². The lowest BCUT2D eigenvalue weighted by Gasteiger charge is -2.17. The molecule has 0 aliphatic heterocycles. The summed E-state index contributed by atoms with van der Waals surface area (Å²) in [5, 5.41) is 9.08. The predicted molar refractivity (Wildman–Crippen MR) is 72.8 cm³/mol. The number of nitrogens with two attached hydrogens (primary N) is 1. The van der Waals surface area contributed by atoms with E-state index in [1.54, 1.807) is 18.3 Å². The van der Waals surface area contributed by atoms with Crippen LogP contribution in [0, 0.1) is 18.3 Å². The minimum absolute atomic E-state index is 0.209. The molecule has 1 atom stereocenters. The Balaban J connectivity index is 2.27. The monoisotopic (exact) mass is 274 g/mol. The normalized spacial score (nSPS) is 11.8. The summed E-state index contributed by atoms with van der Waals surface area (Å²) < 4.78 is 9.92. The molecule has 0 saturated heterocycles. The van der Waals surface area contributed by atoms with Gasteiger partial charge in [-0.1, -0.05) is 0 Å². The minimum atomic E-state index is -0.209. The molecule has 0 spiro atoms. The van der Waals surface area contributed by atoms with Crippen molar-refractivity contribution in [3.05, 3.63) is 40.5 Å². The molecule has 1 unspecified atom stereocenters. The minimum Gasteiger partial charge on any atom is -0.468 e. The molecule has 0 radical (unpaired) electrons. The first-order valence-corrected chi connectivity index (χ1v) is 6.67. The molecule has 6 heteroatoms. The highest BCUT2D eigenvalue weighted by Gasteiger charge is 2.17. The average Bonchev–Trinajstić information content (AvgIpc) is 2.92. The third-order valence-electron chi connectivity index (χ3n) is 2.58. The molecule has 19 heavy (non-hydrogen) atoms. The van der Waals surface area contributed by atoms with Gasteiger partial charge in [0, 0.05) is 18.3 Å². The maximum absolute atomic E-state index is 9.08. The van der Waals surface area contributed by atoms with E-state index in [0.29, 0.717) is 24.4 Å². The SMILES string of the molecule is Cc1ccc(C#N)c(OC(CCN)c2ccns2)n1. The molecule has 2 aromatic rings. The molecule has 0 bridgehead atoms. The van der Waals surface area contributed by atoms with Crippen molar-refractivity contribution >= 4 is 11.5 Å². The van der Waals surface area contributed by atoms with Gasteiger partial charge in [0.2, 0.25) is 5.88 Å². The molecule has 0 saturated carbocycles. The van der Waals surface area contributed by atoms with E-state index in [0.717, 1.165) is 10.6 Å². The number of aryl methyl sites for hydroxylation is 1. The molecule has 98 valence electrons. The van der Waals surface area contributed by atoms with Crippen LogP contribution in [0.4, 0.5) is 0 Å². The van der Waals surface area contributed by atoms with E-state index in [2.05, 4.69) is 15.4 Å². The van der Waals surface area contributed by atoms with Crippen LogP contribution < -0.4 is 10.5 Å². The predicted octanol–water partition coefficient (Wildman–Crippen LogP) is 2.19. The summed E-state index contributed by atoms with van der Waals surface area (Å²) >= 11 is 1.37. The van der Waals surface area contributed by atoms with Gasteiger partial charge < -0.3 is 10.5 Å². The Morgan fingerprint density at radius 1 is 1.47 bits per heavy atom. The highest BCUT2D eigenvalue weighted by atomic mass is 32.1.